The molecule has 2 fully saturated rings. The third kappa shape index (κ3) is 6.55. The van der Waals surface area contributed by atoms with Crippen LogP contribution in [0.1, 0.15) is 30.6 Å². The van der Waals surface area contributed by atoms with Gasteiger partial charge in [0.05, 0.1) is 12.8 Å². The number of hydrogen-bond donors (Lipinski definition) is 2. The van der Waals surface area contributed by atoms with Crippen molar-refractivity contribution in [2.75, 3.05) is 20.1 Å². The molecule has 2 saturated heterocycles. The van der Waals surface area contributed by atoms with Crippen molar-refractivity contribution in [2.24, 2.45) is 0 Å². The van der Waals surface area contributed by atoms with Gasteiger partial charge >= 0.3 is 6.36 Å². The van der Waals surface area contributed by atoms with Crippen LogP contribution in [0, 0.1) is 0 Å². The third-order valence-corrected chi connectivity index (χ3v) is 6.61. The van der Waals surface area contributed by atoms with E-state index in [1.54, 1.807) is 24.5 Å². The molecular weight excluding hydrogens is 465 g/mol. The Morgan fingerprint density at radius 3 is 2.86 bits per heavy atom. The van der Waals surface area contributed by atoms with E-state index in [2.05, 4.69) is 20.3 Å². The molecule has 3 heterocycles. The predicted molar refractivity (Wildman–Crippen MR) is 120 cm³/mol. The maximum atomic E-state index is 13.0. The van der Waals surface area contributed by atoms with Crippen molar-refractivity contribution >= 4 is 11.8 Å². The zero-order valence-electron chi connectivity index (χ0n) is 19.4. The van der Waals surface area contributed by atoms with E-state index in [0.717, 1.165) is 6.42 Å². The van der Waals surface area contributed by atoms with Gasteiger partial charge in [0.1, 0.15) is 17.6 Å². The number of fused-ring (bicyclic) bond motifs is 1. The van der Waals surface area contributed by atoms with Gasteiger partial charge in [0, 0.05) is 38.1 Å². The van der Waals surface area contributed by atoms with Crippen molar-refractivity contribution in [1.82, 2.24) is 20.4 Å². The Hall–Kier alpha value is -3.05. The normalized spacial score (nSPS) is 23.4. The van der Waals surface area contributed by atoms with Crippen LogP contribution in [0.2, 0.25) is 0 Å². The average molecular weight is 495 g/mol. The second kappa shape index (κ2) is 10.7. The number of halogens is 3. The molecule has 8 nitrogen and oxygen atoms in total. The minimum Gasteiger partial charge on any atom is -0.467 e. The summed E-state index contributed by atoms with van der Waals surface area (Å²) in [5, 5.41) is 5.83. The van der Waals surface area contributed by atoms with Crippen LogP contribution in [0.4, 0.5) is 13.2 Å². The molecule has 11 heteroatoms. The highest BCUT2D eigenvalue weighted by atomic mass is 19.4. The molecule has 4 rings (SSSR count). The second-order valence-corrected chi connectivity index (χ2v) is 8.93. The summed E-state index contributed by atoms with van der Waals surface area (Å²) in [6.45, 7) is 1.72. The zero-order valence-corrected chi connectivity index (χ0v) is 19.4. The second-order valence-electron chi connectivity index (χ2n) is 8.93. The monoisotopic (exact) mass is 494 g/mol. The SMILES string of the molecule is CN1C(CCC(=O)NCc2ccco2)CNC(=O)C2C1CCN2Cc1cccc(OC(F)(F)F)c1. The Labute approximate surface area is 201 Å². The van der Waals surface area contributed by atoms with E-state index in [4.69, 9.17) is 4.42 Å². The standard InChI is InChI=1S/C24H29F3N4O4/c1-30-17(7-8-21(32)28-14-19-6-3-11-34-19)13-29-23(33)22-20(30)9-10-31(22)15-16-4-2-5-18(12-16)35-24(25,26)27/h2-6,11-12,17,20,22H,7-10,13-15H2,1H3,(H,28,32)(H,29,33). The Morgan fingerprint density at radius 2 is 2.11 bits per heavy atom. The van der Waals surface area contributed by atoms with E-state index in [1.165, 1.54) is 18.2 Å². The van der Waals surface area contributed by atoms with Crippen LogP contribution in [0.25, 0.3) is 0 Å². The van der Waals surface area contributed by atoms with E-state index < -0.39 is 12.4 Å². The topological polar surface area (TPSA) is 87.1 Å². The Morgan fingerprint density at radius 1 is 1.29 bits per heavy atom. The van der Waals surface area contributed by atoms with Gasteiger partial charge < -0.3 is 19.8 Å². The van der Waals surface area contributed by atoms with Gasteiger partial charge in [-0.3, -0.25) is 19.4 Å². The molecule has 1 aromatic heterocycles. The number of alkyl halides is 3. The average Bonchev–Trinajstić information content (AvgIpc) is 3.44. The van der Waals surface area contributed by atoms with Crippen molar-refractivity contribution in [3.8, 4) is 5.75 Å². The summed E-state index contributed by atoms with van der Waals surface area (Å²) in [6.07, 6.45) is -1.56. The predicted octanol–water partition coefficient (Wildman–Crippen LogP) is 2.65. The van der Waals surface area contributed by atoms with Gasteiger partial charge in [0.25, 0.3) is 0 Å². The fraction of sp³-hybridized carbons (Fsp3) is 0.500. The molecule has 2 aliphatic heterocycles. The van der Waals surface area contributed by atoms with Crippen LogP contribution in [-0.4, -0.2) is 66.2 Å². The highest BCUT2D eigenvalue weighted by Gasteiger charge is 2.45. The maximum Gasteiger partial charge on any atom is 0.573 e. The number of furan rings is 1. The molecule has 3 unspecified atom stereocenters. The van der Waals surface area contributed by atoms with E-state index >= 15 is 0 Å². The number of benzene rings is 1. The first-order chi connectivity index (χ1) is 16.7. The van der Waals surface area contributed by atoms with Crippen molar-refractivity contribution in [3.05, 3.63) is 54.0 Å². The lowest BCUT2D eigenvalue weighted by molar-refractivity contribution is -0.274. The molecule has 0 radical (unpaired) electrons. The molecule has 0 saturated carbocycles. The van der Waals surface area contributed by atoms with E-state index in [0.29, 0.717) is 50.3 Å². The van der Waals surface area contributed by atoms with Gasteiger partial charge in [0.2, 0.25) is 11.8 Å². The van der Waals surface area contributed by atoms with Gasteiger partial charge in [-0.15, -0.1) is 13.2 Å². The van der Waals surface area contributed by atoms with E-state index in [9.17, 15) is 22.8 Å². The van der Waals surface area contributed by atoms with Crippen molar-refractivity contribution in [2.45, 2.75) is 56.8 Å². The lowest BCUT2D eigenvalue weighted by atomic mass is 10.0. The van der Waals surface area contributed by atoms with E-state index in [-0.39, 0.29) is 29.6 Å². The number of amides is 2. The summed E-state index contributed by atoms with van der Waals surface area (Å²) in [6, 6.07) is 8.91. The molecule has 3 atom stereocenters. The van der Waals surface area contributed by atoms with Crippen LogP contribution in [-0.2, 0) is 22.7 Å². The number of likely N-dealkylation sites (tertiary alicyclic amines) is 1. The molecule has 0 spiro atoms. The molecule has 35 heavy (non-hydrogen) atoms. The van der Waals surface area contributed by atoms with Crippen LogP contribution in [0.3, 0.4) is 0 Å². The first-order valence-corrected chi connectivity index (χ1v) is 11.6. The van der Waals surface area contributed by atoms with Crippen LogP contribution >= 0.6 is 0 Å². The molecule has 0 bridgehead atoms. The summed E-state index contributed by atoms with van der Waals surface area (Å²) in [5.74, 6) is 0.211. The molecule has 2 aromatic rings. The number of likely N-dealkylation sites (N-methyl/N-ethyl adjacent to an activating group) is 1. The molecule has 190 valence electrons. The van der Waals surface area contributed by atoms with Gasteiger partial charge in [-0.1, -0.05) is 12.1 Å². The number of rotatable bonds is 8. The summed E-state index contributed by atoms with van der Waals surface area (Å²) < 4.78 is 47.0. The van der Waals surface area contributed by atoms with Crippen LogP contribution < -0.4 is 15.4 Å². The number of ether oxygens (including phenoxy) is 1. The van der Waals surface area contributed by atoms with Gasteiger partial charge in [-0.25, -0.2) is 0 Å². The number of nitrogens with zero attached hydrogens (tertiary/aromatic N) is 2. The summed E-state index contributed by atoms with van der Waals surface area (Å²) in [5.41, 5.74) is 0.636. The zero-order chi connectivity index (χ0) is 25.0. The highest BCUT2D eigenvalue weighted by Crippen LogP contribution is 2.30. The minimum absolute atomic E-state index is 0.00761. The molecule has 0 aliphatic carbocycles. The Balaban J connectivity index is 1.34. The van der Waals surface area contributed by atoms with Gasteiger partial charge in [0.15, 0.2) is 0 Å². The van der Waals surface area contributed by atoms with Crippen LogP contribution in [0.15, 0.2) is 47.1 Å². The fourth-order valence-corrected chi connectivity index (χ4v) is 4.89. The van der Waals surface area contributed by atoms with Crippen molar-refractivity contribution < 1.29 is 31.9 Å². The first-order valence-electron chi connectivity index (χ1n) is 11.6. The summed E-state index contributed by atoms with van der Waals surface area (Å²) >= 11 is 0. The largest absolute Gasteiger partial charge is 0.573 e. The van der Waals surface area contributed by atoms with Gasteiger partial charge in [-0.2, -0.15) is 0 Å². The molecule has 2 amide bonds. The number of carbonyl (C=O) groups excluding carboxylic acids is 2. The Bertz CT molecular complexity index is 1010. The van der Waals surface area contributed by atoms with E-state index in [1.807, 2.05) is 11.9 Å². The summed E-state index contributed by atoms with van der Waals surface area (Å²) in [4.78, 5) is 29.4. The lowest BCUT2D eigenvalue weighted by Gasteiger charge is -2.33. The molecular formula is C24H29F3N4O4. The molecule has 2 N–H and O–H groups in total. The van der Waals surface area contributed by atoms with Crippen LogP contribution in [0.5, 0.6) is 5.75 Å². The quantitative estimate of drug-likeness (QED) is 0.587. The first kappa shape index (κ1) is 25.1. The van der Waals surface area contributed by atoms with Crippen molar-refractivity contribution in [1.29, 1.82) is 0 Å². The minimum atomic E-state index is -4.76. The summed E-state index contributed by atoms with van der Waals surface area (Å²) in [7, 11) is 1.96. The van der Waals surface area contributed by atoms with Gasteiger partial charge in [-0.05, 0) is 49.7 Å². The third-order valence-electron chi connectivity index (χ3n) is 6.61. The van der Waals surface area contributed by atoms with Crippen molar-refractivity contribution in [3.63, 3.8) is 0 Å². The lowest BCUT2D eigenvalue weighted by Crippen LogP contribution is -2.49. The number of hydrogen-bond acceptors (Lipinski definition) is 6. The highest BCUT2D eigenvalue weighted by molar-refractivity contribution is 5.83. The fourth-order valence-electron chi connectivity index (χ4n) is 4.89. The number of nitrogens with one attached hydrogen (secondary N) is 2. The smallest absolute Gasteiger partial charge is 0.467 e. The molecule has 2 aliphatic rings. The maximum absolute atomic E-state index is 13.0. The number of carbonyl (C=O) groups is 2. The Kier molecular flexibility index (Phi) is 7.66. The molecule has 1 aromatic carbocycles.